The number of nitrogens with two attached hydrogens (primary N) is 1. The van der Waals surface area contributed by atoms with E-state index in [1.54, 1.807) is 0 Å². The molecule has 1 aliphatic carbocycles. The van der Waals surface area contributed by atoms with E-state index in [4.69, 9.17) is 5.73 Å². The molecular formula is C13H19BrN2. The number of nitrogens with zero attached hydrogens (tertiary/aromatic N) is 1. The first kappa shape index (κ1) is 12.1. The van der Waals surface area contributed by atoms with Gasteiger partial charge in [0.15, 0.2) is 0 Å². The van der Waals surface area contributed by atoms with Crippen LogP contribution in [-0.4, -0.2) is 25.0 Å². The Bertz CT molecular complexity index is 365. The van der Waals surface area contributed by atoms with E-state index in [1.807, 2.05) is 0 Å². The summed E-state index contributed by atoms with van der Waals surface area (Å²) in [4.78, 5) is 2.44. The van der Waals surface area contributed by atoms with Crippen LogP contribution < -0.4 is 5.73 Å². The maximum absolute atomic E-state index is 5.56. The molecule has 1 atom stereocenters. The van der Waals surface area contributed by atoms with Gasteiger partial charge in [-0.2, -0.15) is 0 Å². The first-order chi connectivity index (χ1) is 7.72. The van der Waals surface area contributed by atoms with Crippen LogP contribution in [0.25, 0.3) is 0 Å². The highest BCUT2D eigenvalue weighted by molar-refractivity contribution is 9.10. The van der Waals surface area contributed by atoms with Crippen molar-refractivity contribution in [3.63, 3.8) is 0 Å². The molecule has 0 radical (unpaired) electrons. The maximum Gasteiger partial charge on any atom is 0.0350 e. The fraction of sp³-hybridized carbons (Fsp3) is 0.538. The minimum atomic E-state index is 0.592. The van der Waals surface area contributed by atoms with Crippen LogP contribution in [0.2, 0.25) is 0 Å². The standard InChI is InChI=1S/C13H19BrN2/c1-16(8-2-7-15)13-6-3-10-9-11(14)4-5-12(10)13/h4-5,9,13H,2-3,6-8,15H2,1H3. The molecule has 88 valence electrons. The normalized spacial score (nSPS) is 19.1. The van der Waals surface area contributed by atoms with E-state index >= 15 is 0 Å². The van der Waals surface area contributed by atoms with Crippen LogP contribution in [0.3, 0.4) is 0 Å². The third kappa shape index (κ3) is 2.47. The van der Waals surface area contributed by atoms with Gasteiger partial charge < -0.3 is 5.73 Å². The minimum absolute atomic E-state index is 0.592. The van der Waals surface area contributed by atoms with Crippen molar-refractivity contribution in [2.24, 2.45) is 5.73 Å². The van der Waals surface area contributed by atoms with Gasteiger partial charge in [0.25, 0.3) is 0 Å². The molecule has 1 aliphatic rings. The molecule has 2 rings (SSSR count). The summed E-state index contributed by atoms with van der Waals surface area (Å²) >= 11 is 3.53. The van der Waals surface area contributed by atoms with Crippen LogP contribution in [0.4, 0.5) is 0 Å². The van der Waals surface area contributed by atoms with E-state index < -0.39 is 0 Å². The van der Waals surface area contributed by atoms with Gasteiger partial charge in [0.05, 0.1) is 0 Å². The maximum atomic E-state index is 5.56. The van der Waals surface area contributed by atoms with Crippen LogP contribution in [0.5, 0.6) is 0 Å². The number of rotatable bonds is 4. The number of hydrogen-bond acceptors (Lipinski definition) is 2. The van der Waals surface area contributed by atoms with Crippen molar-refractivity contribution in [2.75, 3.05) is 20.1 Å². The smallest absolute Gasteiger partial charge is 0.0350 e. The Morgan fingerprint density at radius 3 is 3.06 bits per heavy atom. The molecule has 0 spiro atoms. The molecule has 3 heteroatoms. The third-order valence-corrected chi connectivity index (χ3v) is 3.89. The Balaban J connectivity index is 2.11. The van der Waals surface area contributed by atoms with Crippen LogP contribution in [0, 0.1) is 0 Å². The van der Waals surface area contributed by atoms with Crippen LogP contribution in [0.1, 0.15) is 30.0 Å². The zero-order valence-corrected chi connectivity index (χ0v) is 11.3. The summed E-state index contributed by atoms with van der Waals surface area (Å²) in [5.74, 6) is 0. The molecule has 0 fully saturated rings. The number of fused-ring (bicyclic) bond motifs is 1. The highest BCUT2D eigenvalue weighted by Gasteiger charge is 2.25. The molecule has 0 amide bonds. The topological polar surface area (TPSA) is 29.3 Å². The Morgan fingerprint density at radius 1 is 1.50 bits per heavy atom. The first-order valence-corrected chi connectivity index (χ1v) is 6.70. The van der Waals surface area contributed by atoms with Crippen molar-refractivity contribution in [1.82, 2.24) is 4.90 Å². The number of hydrogen-bond donors (Lipinski definition) is 1. The molecule has 0 saturated heterocycles. The third-order valence-electron chi connectivity index (χ3n) is 3.40. The van der Waals surface area contributed by atoms with Crippen molar-refractivity contribution >= 4 is 15.9 Å². The van der Waals surface area contributed by atoms with E-state index in [0.717, 1.165) is 19.5 Å². The SMILES string of the molecule is CN(CCCN)C1CCc2cc(Br)ccc21. The van der Waals surface area contributed by atoms with Gasteiger partial charge in [-0.3, -0.25) is 4.90 Å². The zero-order valence-electron chi connectivity index (χ0n) is 9.75. The molecule has 0 heterocycles. The second kappa shape index (κ2) is 5.30. The highest BCUT2D eigenvalue weighted by Crippen LogP contribution is 2.36. The predicted molar refractivity (Wildman–Crippen MR) is 71.5 cm³/mol. The van der Waals surface area contributed by atoms with E-state index in [9.17, 15) is 0 Å². The summed E-state index contributed by atoms with van der Waals surface area (Å²) in [5.41, 5.74) is 8.56. The summed E-state index contributed by atoms with van der Waals surface area (Å²) in [6.07, 6.45) is 3.53. The fourth-order valence-corrected chi connectivity index (χ4v) is 2.93. The average molecular weight is 283 g/mol. The van der Waals surface area contributed by atoms with E-state index in [-0.39, 0.29) is 0 Å². The molecule has 0 saturated carbocycles. The van der Waals surface area contributed by atoms with Gasteiger partial charge in [0.1, 0.15) is 0 Å². The average Bonchev–Trinajstić information content (AvgIpc) is 2.68. The van der Waals surface area contributed by atoms with Gasteiger partial charge in [-0.1, -0.05) is 22.0 Å². The molecule has 0 bridgehead atoms. The molecule has 2 N–H and O–H groups in total. The lowest BCUT2D eigenvalue weighted by atomic mass is 10.1. The summed E-state index contributed by atoms with van der Waals surface area (Å²) in [5, 5.41) is 0. The van der Waals surface area contributed by atoms with Crippen LogP contribution in [0.15, 0.2) is 22.7 Å². The van der Waals surface area contributed by atoms with Gasteiger partial charge in [0, 0.05) is 10.5 Å². The monoisotopic (exact) mass is 282 g/mol. The quantitative estimate of drug-likeness (QED) is 0.920. The molecule has 1 aromatic rings. The van der Waals surface area contributed by atoms with Crippen LogP contribution >= 0.6 is 15.9 Å². The number of aryl methyl sites for hydroxylation is 1. The van der Waals surface area contributed by atoms with Crippen molar-refractivity contribution < 1.29 is 0 Å². The number of benzene rings is 1. The predicted octanol–water partition coefficient (Wildman–Crippen LogP) is 2.72. The summed E-state index contributed by atoms with van der Waals surface area (Å²) in [6.45, 7) is 1.88. The molecule has 16 heavy (non-hydrogen) atoms. The fourth-order valence-electron chi connectivity index (χ4n) is 2.52. The van der Waals surface area contributed by atoms with Gasteiger partial charge in [-0.15, -0.1) is 0 Å². The summed E-state index contributed by atoms with van der Waals surface area (Å²) < 4.78 is 1.19. The first-order valence-electron chi connectivity index (χ1n) is 5.91. The van der Waals surface area contributed by atoms with E-state index in [0.29, 0.717) is 6.04 Å². The second-order valence-electron chi connectivity index (χ2n) is 4.52. The minimum Gasteiger partial charge on any atom is -0.330 e. The molecule has 0 aromatic heterocycles. The van der Waals surface area contributed by atoms with Gasteiger partial charge >= 0.3 is 0 Å². The molecule has 0 aliphatic heterocycles. The number of halogens is 1. The largest absolute Gasteiger partial charge is 0.330 e. The van der Waals surface area contributed by atoms with Gasteiger partial charge in [0.2, 0.25) is 0 Å². The van der Waals surface area contributed by atoms with E-state index in [1.165, 1.54) is 28.4 Å². The Labute approximate surface area is 106 Å². The van der Waals surface area contributed by atoms with Crippen molar-refractivity contribution in [1.29, 1.82) is 0 Å². The summed E-state index contributed by atoms with van der Waals surface area (Å²) in [7, 11) is 2.21. The lowest BCUT2D eigenvalue weighted by Gasteiger charge is -2.25. The molecule has 1 unspecified atom stereocenters. The molecular weight excluding hydrogens is 264 g/mol. The van der Waals surface area contributed by atoms with Crippen molar-refractivity contribution in [3.05, 3.63) is 33.8 Å². The lowest BCUT2D eigenvalue weighted by molar-refractivity contribution is 0.243. The summed E-state index contributed by atoms with van der Waals surface area (Å²) in [6, 6.07) is 7.26. The molecule has 2 nitrogen and oxygen atoms in total. The Hall–Kier alpha value is -0.380. The van der Waals surface area contributed by atoms with Crippen molar-refractivity contribution in [3.8, 4) is 0 Å². The van der Waals surface area contributed by atoms with Gasteiger partial charge in [-0.25, -0.2) is 0 Å². The van der Waals surface area contributed by atoms with Crippen molar-refractivity contribution in [2.45, 2.75) is 25.3 Å². The van der Waals surface area contributed by atoms with Gasteiger partial charge in [-0.05, 0) is 62.7 Å². The molecule has 1 aromatic carbocycles. The Kier molecular flexibility index (Phi) is 4.00. The zero-order chi connectivity index (χ0) is 11.5. The Morgan fingerprint density at radius 2 is 2.31 bits per heavy atom. The van der Waals surface area contributed by atoms with Crippen LogP contribution in [-0.2, 0) is 6.42 Å². The highest BCUT2D eigenvalue weighted by atomic mass is 79.9. The van der Waals surface area contributed by atoms with E-state index in [2.05, 4.69) is 46.1 Å². The second-order valence-corrected chi connectivity index (χ2v) is 5.44. The lowest BCUT2D eigenvalue weighted by Crippen LogP contribution is -2.25.